The summed E-state index contributed by atoms with van der Waals surface area (Å²) in [4.78, 5) is 0. The van der Waals surface area contributed by atoms with E-state index in [0.29, 0.717) is 17.7 Å². The fraction of sp³-hybridized carbons (Fsp3) is 0.400. The van der Waals surface area contributed by atoms with E-state index in [1.807, 2.05) is 0 Å². The number of halogens is 6. The van der Waals surface area contributed by atoms with Gasteiger partial charge in [0.1, 0.15) is 0 Å². The molecule has 0 amide bonds. The lowest BCUT2D eigenvalue weighted by molar-refractivity contribution is -0.308. The molecule has 17 heavy (non-hydrogen) atoms. The molecule has 0 heterocycles. The molecule has 0 aromatic heterocycles. The number of alkyl halides is 6. The van der Waals surface area contributed by atoms with Crippen molar-refractivity contribution in [2.24, 2.45) is 5.73 Å². The first-order valence-electron chi connectivity index (χ1n) is 4.49. The van der Waals surface area contributed by atoms with Crippen LogP contribution in [0, 0.1) is 6.92 Å². The highest BCUT2D eigenvalue weighted by Crippen LogP contribution is 2.50. The van der Waals surface area contributed by atoms with Gasteiger partial charge >= 0.3 is 17.9 Å². The molecular weight excluding hydrogens is 248 g/mol. The monoisotopic (exact) mass is 257 g/mol. The number of hydrogen-bond donors (Lipinski definition) is 1. The quantitative estimate of drug-likeness (QED) is 0.638. The summed E-state index contributed by atoms with van der Waals surface area (Å²) in [5, 5.41) is 0. The van der Waals surface area contributed by atoms with E-state index in [1.165, 1.54) is 6.92 Å². The van der Waals surface area contributed by atoms with Gasteiger partial charge in [-0.3, -0.25) is 5.73 Å². The van der Waals surface area contributed by atoms with Crippen LogP contribution in [0.25, 0.3) is 0 Å². The summed E-state index contributed by atoms with van der Waals surface area (Å²) < 4.78 is 76.5. The van der Waals surface area contributed by atoms with Gasteiger partial charge in [-0.15, -0.1) is 0 Å². The lowest BCUT2D eigenvalue weighted by atomic mass is 9.92. The summed E-state index contributed by atoms with van der Waals surface area (Å²) >= 11 is 0. The van der Waals surface area contributed by atoms with Crippen LogP contribution in [0.2, 0.25) is 0 Å². The second kappa shape index (κ2) is 3.90. The molecule has 0 bridgehead atoms. The Labute approximate surface area is 93.2 Å². The first kappa shape index (κ1) is 13.8. The molecular formula is C10H9F6N. The number of rotatable bonds is 2. The van der Waals surface area contributed by atoms with Crippen molar-refractivity contribution in [3.63, 3.8) is 0 Å². The Morgan fingerprint density at radius 2 is 1.29 bits per heavy atom. The molecule has 0 aliphatic rings. The van der Waals surface area contributed by atoms with Gasteiger partial charge in [0.2, 0.25) is 0 Å². The molecule has 2 N–H and O–H groups in total. The third-order valence-electron chi connectivity index (χ3n) is 2.30. The number of hydrogen-bond acceptors (Lipinski definition) is 1. The van der Waals surface area contributed by atoms with Crippen molar-refractivity contribution in [1.82, 2.24) is 0 Å². The topological polar surface area (TPSA) is 26.0 Å². The number of benzene rings is 1. The van der Waals surface area contributed by atoms with E-state index in [0.717, 1.165) is 12.1 Å². The molecule has 1 atom stereocenters. The minimum atomic E-state index is -5.81. The standard InChI is InChI=1S/C10H9F6N/c1-6-2-4-7(5-3-6)8(11,9(12,13)14)10(15,16)17/h2-5H,17H2,1H3. The van der Waals surface area contributed by atoms with E-state index in [2.05, 4.69) is 5.73 Å². The van der Waals surface area contributed by atoms with Crippen molar-refractivity contribution in [3.05, 3.63) is 35.4 Å². The predicted octanol–water partition coefficient (Wildman–Crippen LogP) is 3.27. The molecule has 0 saturated carbocycles. The van der Waals surface area contributed by atoms with Gasteiger partial charge in [-0.2, -0.15) is 22.0 Å². The molecule has 0 spiro atoms. The maximum absolute atomic E-state index is 13.7. The van der Waals surface area contributed by atoms with Crippen molar-refractivity contribution in [3.8, 4) is 0 Å². The van der Waals surface area contributed by atoms with Gasteiger partial charge in [0.25, 0.3) is 0 Å². The average molecular weight is 257 g/mol. The number of nitrogens with two attached hydrogens (primary N) is 1. The smallest absolute Gasteiger partial charge is 0.269 e. The molecule has 96 valence electrons. The lowest BCUT2D eigenvalue weighted by Gasteiger charge is -2.32. The molecule has 7 heteroatoms. The van der Waals surface area contributed by atoms with Crippen molar-refractivity contribution in [2.45, 2.75) is 24.8 Å². The normalized spacial score (nSPS) is 16.7. The van der Waals surface area contributed by atoms with Crippen LogP contribution in [-0.2, 0) is 5.67 Å². The zero-order valence-corrected chi connectivity index (χ0v) is 8.65. The minimum Gasteiger partial charge on any atom is -0.269 e. The van der Waals surface area contributed by atoms with E-state index >= 15 is 0 Å². The van der Waals surface area contributed by atoms with E-state index in [4.69, 9.17) is 0 Å². The maximum Gasteiger partial charge on any atom is 0.434 e. The molecule has 1 rings (SSSR count). The van der Waals surface area contributed by atoms with Crippen LogP contribution in [0.15, 0.2) is 24.3 Å². The SMILES string of the molecule is Cc1ccc(C(F)(C(N)(F)F)C(F)(F)F)cc1. The summed E-state index contributed by atoms with van der Waals surface area (Å²) in [5.41, 5.74) is -1.56. The minimum absolute atomic E-state index is 0.513. The molecule has 1 nitrogen and oxygen atoms in total. The van der Waals surface area contributed by atoms with Crippen LogP contribution >= 0.6 is 0 Å². The Morgan fingerprint density at radius 1 is 0.882 bits per heavy atom. The average Bonchev–Trinajstić information content (AvgIpc) is 2.14. The third kappa shape index (κ3) is 2.24. The highest BCUT2D eigenvalue weighted by molar-refractivity contribution is 5.30. The number of aryl methyl sites for hydroxylation is 1. The first-order chi connectivity index (χ1) is 7.50. The van der Waals surface area contributed by atoms with Crippen LogP contribution in [0.1, 0.15) is 11.1 Å². The summed E-state index contributed by atoms with van der Waals surface area (Å²) in [6.45, 7) is 1.53. The Bertz CT molecular complexity index is 375. The van der Waals surface area contributed by atoms with Gasteiger partial charge in [-0.1, -0.05) is 29.8 Å². The Balaban J connectivity index is 3.41. The molecule has 0 radical (unpaired) electrons. The van der Waals surface area contributed by atoms with E-state index < -0.39 is 23.5 Å². The molecule has 0 aliphatic carbocycles. The second-order valence-corrected chi connectivity index (χ2v) is 3.65. The Kier molecular flexibility index (Phi) is 3.17. The zero-order valence-electron chi connectivity index (χ0n) is 8.65. The van der Waals surface area contributed by atoms with Crippen LogP contribution < -0.4 is 5.73 Å². The van der Waals surface area contributed by atoms with Crippen LogP contribution in [0.3, 0.4) is 0 Å². The van der Waals surface area contributed by atoms with Gasteiger partial charge in [-0.05, 0) is 6.92 Å². The van der Waals surface area contributed by atoms with Crippen LogP contribution in [-0.4, -0.2) is 12.2 Å². The van der Waals surface area contributed by atoms with E-state index in [-0.39, 0.29) is 0 Å². The molecule has 1 unspecified atom stereocenters. The summed E-state index contributed by atoms with van der Waals surface area (Å²) in [6.07, 6.45) is -5.81. The fourth-order valence-corrected chi connectivity index (χ4v) is 1.33. The van der Waals surface area contributed by atoms with Gasteiger partial charge in [0, 0.05) is 5.56 Å². The van der Waals surface area contributed by atoms with E-state index in [1.54, 1.807) is 0 Å². The fourth-order valence-electron chi connectivity index (χ4n) is 1.33. The van der Waals surface area contributed by atoms with Gasteiger partial charge in [0.15, 0.2) is 0 Å². The van der Waals surface area contributed by atoms with Crippen molar-refractivity contribution in [1.29, 1.82) is 0 Å². The lowest BCUT2D eigenvalue weighted by Crippen LogP contribution is -2.57. The Hall–Kier alpha value is -1.24. The highest BCUT2D eigenvalue weighted by atomic mass is 19.4. The van der Waals surface area contributed by atoms with Crippen molar-refractivity contribution >= 4 is 0 Å². The largest absolute Gasteiger partial charge is 0.434 e. The third-order valence-corrected chi connectivity index (χ3v) is 2.30. The zero-order chi connectivity index (χ0) is 13.5. The first-order valence-corrected chi connectivity index (χ1v) is 4.49. The van der Waals surface area contributed by atoms with Crippen molar-refractivity contribution < 1.29 is 26.3 Å². The summed E-state index contributed by atoms with van der Waals surface area (Å²) in [7, 11) is 0. The van der Waals surface area contributed by atoms with Gasteiger partial charge in [0.05, 0.1) is 0 Å². The van der Waals surface area contributed by atoms with Gasteiger partial charge in [-0.25, -0.2) is 4.39 Å². The van der Waals surface area contributed by atoms with Crippen LogP contribution in [0.4, 0.5) is 26.3 Å². The highest BCUT2D eigenvalue weighted by Gasteiger charge is 2.70. The Morgan fingerprint density at radius 3 is 1.59 bits per heavy atom. The summed E-state index contributed by atoms with van der Waals surface area (Å²) in [6, 6.07) is -1.57. The molecule has 1 aromatic carbocycles. The summed E-state index contributed by atoms with van der Waals surface area (Å²) in [5.74, 6) is 0. The van der Waals surface area contributed by atoms with Gasteiger partial charge < -0.3 is 0 Å². The van der Waals surface area contributed by atoms with Crippen LogP contribution in [0.5, 0.6) is 0 Å². The molecule has 0 saturated heterocycles. The van der Waals surface area contributed by atoms with Crippen molar-refractivity contribution in [2.75, 3.05) is 0 Å². The predicted molar refractivity (Wildman–Crippen MR) is 49.2 cm³/mol. The molecule has 0 fully saturated rings. The maximum atomic E-state index is 13.7. The molecule has 0 aliphatic heterocycles. The second-order valence-electron chi connectivity index (χ2n) is 3.65. The molecule has 1 aromatic rings. The van der Waals surface area contributed by atoms with E-state index in [9.17, 15) is 26.3 Å².